The third kappa shape index (κ3) is 5.36. The number of hydrogen-bond donors (Lipinski definition) is 0. The first kappa shape index (κ1) is 30.9. The summed E-state index contributed by atoms with van der Waals surface area (Å²) in [4.78, 5) is 4.80. The first-order valence-electron chi connectivity index (χ1n) is 17.8. The zero-order valence-electron chi connectivity index (χ0n) is 29.6. The van der Waals surface area contributed by atoms with Gasteiger partial charge >= 0.3 is 0 Å². The lowest BCUT2D eigenvalue weighted by atomic mass is 9.82. The number of anilines is 6. The molecule has 0 saturated heterocycles. The summed E-state index contributed by atoms with van der Waals surface area (Å²) in [6, 6.07) is 62.6. The lowest BCUT2D eigenvalue weighted by Gasteiger charge is -2.29. The quantitative estimate of drug-likeness (QED) is 0.176. The van der Waals surface area contributed by atoms with Crippen molar-refractivity contribution < 1.29 is 0 Å². The van der Waals surface area contributed by atoms with Crippen molar-refractivity contribution in [1.29, 1.82) is 0 Å². The van der Waals surface area contributed by atoms with Gasteiger partial charge in [0.25, 0.3) is 0 Å². The molecular weight excluding hydrogens is 617 g/mol. The Bertz CT molecular complexity index is 2400. The molecular formula is C49H40N2. The van der Waals surface area contributed by atoms with Crippen LogP contribution in [-0.4, -0.2) is 0 Å². The molecule has 0 fully saturated rings. The third-order valence-corrected chi connectivity index (χ3v) is 10.7. The topological polar surface area (TPSA) is 6.48 Å². The standard InChI is InChI=1S/C49H40N2/c1-33-13-19-39(20-14-33)50(41-23-17-35-9-5-7-11-37(35)29-41)43-25-27-45-46-28-26-44(32-48(46)49(3,4)47(45)31-43)51(40-21-15-34(2)16-22-40)42-24-18-36-10-6-8-12-38(36)30-42/h5-32H,1-4H3. The Hall–Kier alpha value is -6.12. The highest BCUT2D eigenvalue weighted by Crippen LogP contribution is 2.52. The minimum absolute atomic E-state index is 0.207. The van der Waals surface area contributed by atoms with Crippen LogP contribution in [0.25, 0.3) is 32.7 Å². The second-order valence-electron chi connectivity index (χ2n) is 14.5. The van der Waals surface area contributed by atoms with Gasteiger partial charge < -0.3 is 9.80 Å². The van der Waals surface area contributed by atoms with Crippen molar-refractivity contribution in [3.05, 3.63) is 192 Å². The molecule has 0 aromatic heterocycles. The molecule has 0 heterocycles. The molecule has 2 nitrogen and oxygen atoms in total. The molecule has 0 radical (unpaired) electrons. The minimum Gasteiger partial charge on any atom is -0.310 e. The summed E-state index contributed by atoms with van der Waals surface area (Å²) in [6.07, 6.45) is 0. The molecule has 246 valence electrons. The van der Waals surface area contributed by atoms with Gasteiger partial charge in [0, 0.05) is 39.5 Å². The number of hydrogen-bond acceptors (Lipinski definition) is 2. The predicted molar refractivity (Wildman–Crippen MR) is 218 cm³/mol. The number of nitrogens with zero attached hydrogens (tertiary/aromatic N) is 2. The number of benzene rings is 8. The van der Waals surface area contributed by atoms with E-state index in [1.807, 2.05) is 0 Å². The van der Waals surface area contributed by atoms with Gasteiger partial charge in [0.1, 0.15) is 0 Å². The highest BCUT2D eigenvalue weighted by atomic mass is 15.1. The van der Waals surface area contributed by atoms with Crippen LogP contribution in [0.3, 0.4) is 0 Å². The Balaban J connectivity index is 1.16. The molecule has 0 atom stereocenters. The summed E-state index contributed by atoms with van der Waals surface area (Å²) in [5.74, 6) is 0. The van der Waals surface area contributed by atoms with Gasteiger partial charge in [-0.1, -0.05) is 122 Å². The zero-order valence-corrected chi connectivity index (χ0v) is 29.6. The first-order valence-corrected chi connectivity index (χ1v) is 17.8. The van der Waals surface area contributed by atoms with Crippen molar-refractivity contribution in [2.45, 2.75) is 33.1 Å². The predicted octanol–water partition coefficient (Wildman–Crippen LogP) is 13.9. The van der Waals surface area contributed by atoms with Crippen molar-refractivity contribution in [3.8, 4) is 11.1 Å². The minimum atomic E-state index is -0.207. The van der Waals surface area contributed by atoms with Crippen LogP contribution in [0.2, 0.25) is 0 Å². The Morgan fingerprint density at radius 3 is 1.08 bits per heavy atom. The Labute approximate surface area is 300 Å². The Morgan fingerprint density at radius 2 is 0.667 bits per heavy atom. The summed E-state index contributed by atoms with van der Waals surface area (Å²) >= 11 is 0. The number of rotatable bonds is 6. The molecule has 9 rings (SSSR count). The third-order valence-electron chi connectivity index (χ3n) is 10.7. The van der Waals surface area contributed by atoms with Gasteiger partial charge in [-0.3, -0.25) is 0 Å². The van der Waals surface area contributed by atoms with Crippen LogP contribution in [0.15, 0.2) is 170 Å². The van der Waals surface area contributed by atoms with Gasteiger partial charge in [-0.15, -0.1) is 0 Å². The lowest BCUT2D eigenvalue weighted by Crippen LogP contribution is -2.17. The van der Waals surface area contributed by atoms with Crippen LogP contribution in [0.4, 0.5) is 34.1 Å². The van der Waals surface area contributed by atoms with E-state index in [0.717, 1.165) is 34.1 Å². The first-order chi connectivity index (χ1) is 24.8. The van der Waals surface area contributed by atoms with Crippen molar-refractivity contribution >= 4 is 55.7 Å². The molecule has 0 spiro atoms. The maximum Gasteiger partial charge on any atom is 0.0468 e. The van der Waals surface area contributed by atoms with Gasteiger partial charge in [0.2, 0.25) is 0 Å². The Morgan fingerprint density at radius 1 is 0.333 bits per heavy atom. The molecule has 51 heavy (non-hydrogen) atoms. The van der Waals surface area contributed by atoms with Crippen LogP contribution in [0.5, 0.6) is 0 Å². The second-order valence-corrected chi connectivity index (χ2v) is 14.5. The zero-order chi connectivity index (χ0) is 34.7. The molecule has 1 aliphatic carbocycles. The van der Waals surface area contributed by atoms with E-state index < -0.39 is 0 Å². The number of aryl methyl sites for hydroxylation is 2. The van der Waals surface area contributed by atoms with E-state index in [1.165, 1.54) is 54.9 Å². The normalized spacial score (nSPS) is 12.9. The highest BCUT2D eigenvalue weighted by Gasteiger charge is 2.37. The van der Waals surface area contributed by atoms with Crippen LogP contribution < -0.4 is 9.80 Å². The smallest absolute Gasteiger partial charge is 0.0468 e. The average molecular weight is 657 g/mol. The van der Waals surface area contributed by atoms with Gasteiger partial charge in [-0.25, -0.2) is 0 Å². The molecule has 0 N–H and O–H groups in total. The highest BCUT2D eigenvalue weighted by molar-refractivity contribution is 5.93. The van der Waals surface area contributed by atoms with E-state index in [2.05, 4.69) is 207 Å². The monoisotopic (exact) mass is 656 g/mol. The summed E-state index contributed by atoms with van der Waals surface area (Å²) < 4.78 is 0. The fourth-order valence-corrected chi connectivity index (χ4v) is 7.91. The summed E-state index contributed by atoms with van der Waals surface area (Å²) in [6.45, 7) is 9.05. The summed E-state index contributed by atoms with van der Waals surface area (Å²) in [5, 5.41) is 4.96. The maximum absolute atomic E-state index is 2.42. The van der Waals surface area contributed by atoms with Crippen molar-refractivity contribution in [1.82, 2.24) is 0 Å². The van der Waals surface area contributed by atoms with E-state index in [0.29, 0.717) is 0 Å². The van der Waals surface area contributed by atoms with Crippen molar-refractivity contribution in [2.24, 2.45) is 0 Å². The second kappa shape index (κ2) is 12.0. The maximum atomic E-state index is 2.42. The fraction of sp³-hybridized carbons (Fsp3) is 0.102. The number of fused-ring (bicyclic) bond motifs is 5. The largest absolute Gasteiger partial charge is 0.310 e. The van der Waals surface area contributed by atoms with Crippen LogP contribution in [0.1, 0.15) is 36.1 Å². The average Bonchev–Trinajstić information content (AvgIpc) is 3.38. The molecule has 8 aromatic rings. The van der Waals surface area contributed by atoms with Gasteiger partial charge in [0.05, 0.1) is 0 Å². The van der Waals surface area contributed by atoms with Gasteiger partial charge in [-0.05, 0) is 130 Å². The molecule has 1 aliphatic rings. The fourth-order valence-electron chi connectivity index (χ4n) is 7.91. The van der Waals surface area contributed by atoms with Crippen LogP contribution in [0, 0.1) is 13.8 Å². The molecule has 0 amide bonds. The van der Waals surface area contributed by atoms with Gasteiger partial charge in [-0.2, -0.15) is 0 Å². The van der Waals surface area contributed by atoms with E-state index in [4.69, 9.17) is 0 Å². The molecule has 2 heteroatoms. The van der Waals surface area contributed by atoms with E-state index in [9.17, 15) is 0 Å². The SMILES string of the molecule is Cc1ccc(N(c2ccc3c(c2)C(C)(C)c2cc(N(c4ccc(C)cc4)c4ccc5ccccc5c4)ccc2-3)c2ccc3ccccc3c2)cc1. The van der Waals surface area contributed by atoms with Crippen molar-refractivity contribution in [2.75, 3.05) is 9.80 Å². The lowest BCUT2D eigenvalue weighted by molar-refractivity contribution is 0.660. The molecule has 0 unspecified atom stereocenters. The summed E-state index contributed by atoms with van der Waals surface area (Å²) in [5.41, 5.74) is 14.5. The van der Waals surface area contributed by atoms with Crippen LogP contribution in [-0.2, 0) is 5.41 Å². The molecule has 0 aliphatic heterocycles. The van der Waals surface area contributed by atoms with E-state index in [1.54, 1.807) is 0 Å². The summed E-state index contributed by atoms with van der Waals surface area (Å²) in [7, 11) is 0. The van der Waals surface area contributed by atoms with Crippen molar-refractivity contribution in [3.63, 3.8) is 0 Å². The molecule has 0 saturated carbocycles. The van der Waals surface area contributed by atoms with Crippen LogP contribution >= 0.6 is 0 Å². The molecule has 0 bridgehead atoms. The molecule has 8 aromatic carbocycles. The Kier molecular flexibility index (Phi) is 7.29. The van der Waals surface area contributed by atoms with E-state index in [-0.39, 0.29) is 5.41 Å². The van der Waals surface area contributed by atoms with E-state index >= 15 is 0 Å². The van der Waals surface area contributed by atoms with Gasteiger partial charge in [0.15, 0.2) is 0 Å².